The Hall–Kier alpha value is 4.48. The molecule has 0 aromatic carbocycles. The second-order valence-corrected chi connectivity index (χ2v) is 4.01. The molecule has 0 saturated heterocycles. The van der Waals surface area contributed by atoms with Gasteiger partial charge in [-0.3, -0.25) is 17.5 Å². The number of rotatable bonds is 1. The van der Waals surface area contributed by atoms with Gasteiger partial charge in [0.1, 0.15) is 0 Å². The van der Waals surface area contributed by atoms with Crippen molar-refractivity contribution < 1.29 is 212 Å². The van der Waals surface area contributed by atoms with E-state index in [1.54, 1.807) is 0 Å². The largest absolute Gasteiger partial charge is 1.00 e. The van der Waals surface area contributed by atoms with Crippen molar-refractivity contribution in [1.29, 1.82) is 0 Å². The van der Waals surface area contributed by atoms with Crippen molar-refractivity contribution in [3.63, 3.8) is 0 Å². The Morgan fingerprint density at radius 1 is 0.737 bits per heavy atom. The van der Waals surface area contributed by atoms with Crippen molar-refractivity contribution in [2.24, 2.45) is 0 Å². The van der Waals surface area contributed by atoms with Gasteiger partial charge in [0.15, 0.2) is 0 Å². The standard InChI is InChI=1S/3K.H2O5S.2H2O4S/c;;;1-5-6(2,3)4;2*1-5(2,3)4/h;;;1H,(H,2,3,4);2*(H2,1,2,3,4)/q3*+1;;;/p-3. The van der Waals surface area contributed by atoms with Crippen LogP contribution in [0, 0.1) is 0 Å². The van der Waals surface area contributed by atoms with Crippen molar-refractivity contribution >= 4 is 31.2 Å². The molecule has 0 aliphatic rings. The third kappa shape index (κ3) is 169. The van der Waals surface area contributed by atoms with E-state index >= 15 is 0 Å². The summed E-state index contributed by atoms with van der Waals surface area (Å²) in [6, 6.07) is 0. The van der Waals surface area contributed by atoms with Gasteiger partial charge in [-0.1, -0.05) is 4.33 Å². The minimum atomic E-state index is -5.17. The fourth-order valence-electron chi connectivity index (χ4n) is 0. The summed E-state index contributed by atoms with van der Waals surface area (Å²) in [5.74, 6) is 0. The molecule has 13 nitrogen and oxygen atoms in total. The van der Waals surface area contributed by atoms with Crippen LogP contribution in [0.1, 0.15) is 0 Å². The molecule has 0 amide bonds. The summed E-state index contributed by atoms with van der Waals surface area (Å²) in [6.07, 6.45) is 0. The van der Waals surface area contributed by atoms with Crippen LogP contribution >= 0.6 is 0 Å². The second kappa shape index (κ2) is 18.8. The molecule has 0 unspecified atom stereocenters. The van der Waals surface area contributed by atoms with Crippen LogP contribution in [-0.4, -0.2) is 53.3 Å². The van der Waals surface area contributed by atoms with Crippen molar-refractivity contribution in [2.45, 2.75) is 0 Å². The average molecular weight is 425 g/mol. The Kier molecular flexibility index (Phi) is 38.4. The SMILES string of the molecule is O=S(=O)(O)OO.O=S(=O)([O-])O.O=S(=O)([O-])[O-].[K+].[K+].[K+]. The van der Waals surface area contributed by atoms with E-state index in [4.69, 9.17) is 53.3 Å². The zero-order chi connectivity index (χ0) is 14.2. The topological polar surface area (TPSA) is 242 Å². The van der Waals surface area contributed by atoms with Gasteiger partial charge in [0, 0.05) is 10.4 Å². The summed E-state index contributed by atoms with van der Waals surface area (Å²) in [5.41, 5.74) is 0. The van der Waals surface area contributed by atoms with Crippen molar-refractivity contribution in [2.75, 3.05) is 0 Å². The minimum absolute atomic E-state index is 0. The van der Waals surface area contributed by atoms with Gasteiger partial charge in [0.2, 0.25) is 10.4 Å². The summed E-state index contributed by atoms with van der Waals surface area (Å²) in [6.45, 7) is 0. The molecule has 19 heteroatoms. The summed E-state index contributed by atoms with van der Waals surface area (Å²) >= 11 is 0. The van der Waals surface area contributed by atoms with Crippen LogP contribution in [0.15, 0.2) is 0 Å². The first-order valence-electron chi connectivity index (χ1n) is 2.21. The molecule has 0 rings (SSSR count). The summed E-state index contributed by atoms with van der Waals surface area (Å²) in [7, 11) is -14.7. The quantitative estimate of drug-likeness (QED) is 0.116. The van der Waals surface area contributed by atoms with Gasteiger partial charge < -0.3 is 13.7 Å². The Labute approximate surface area is 236 Å². The molecule has 0 aromatic rings. The van der Waals surface area contributed by atoms with Gasteiger partial charge in [-0.15, -0.1) is 0 Å². The maximum Gasteiger partial charge on any atom is 1.00 e. The molecule has 102 valence electrons. The number of hydrogen-bond acceptors (Lipinski definition) is 11. The minimum Gasteiger partial charge on any atom is -0.759 e. The molecule has 19 heavy (non-hydrogen) atoms. The van der Waals surface area contributed by atoms with Crippen molar-refractivity contribution in [1.82, 2.24) is 0 Å². The van der Waals surface area contributed by atoms with E-state index in [-0.39, 0.29) is 154 Å². The van der Waals surface area contributed by atoms with Crippen molar-refractivity contribution in [3.05, 3.63) is 0 Å². The molecule has 0 saturated carbocycles. The van der Waals surface area contributed by atoms with E-state index in [9.17, 15) is 0 Å². The molecule has 0 aromatic heterocycles. The summed E-state index contributed by atoms with van der Waals surface area (Å²) in [5, 5.41) is 7.06. The molecule has 0 spiro atoms. The maximum atomic E-state index is 9.08. The fourth-order valence-corrected chi connectivity index (χ4v) is 0. The third-order valence-corrected chi connectivity index (χ3v) is 0.283. The van der Waals surface area contributed by atoms with E-state index in [1.165, 1.54) is 0 Å². The van der Waals surface area contributed by atoms with Gasteiger partial charge in [-0.05, 0) is 0 Å². The summed E-state index contributed by atoms with van der Waals surface area (Å²) < 4.78 is 94.9. The van der Waals surface area contributed by atoms with Crippen LogP contribution in [0.4, 0.5) is 0 Å². The zero-order valence-electron chi connectivity index (χ0n) is 9.65. The van der Waals surface area contributed by atoms with E-state index in [1.807, 2.05) is 0 Å². The van der Waals surface area contributed by atoms with E-state index in [2.05, 4.69) is 4.33 Å². The molecule has 0 bridgehead atoms. The molecular weight excluding hydrogens is 421 g/mol. The average Bonchev–Trinajstić information content (AvgIpc) is 1.77. The number of hydrogen-bond donors (Lipinski definition) is 3. The smallest absolute Gasteiger partial charge is 0.759 e. The predicted octanol–water partition coefficient (Wildman–Crippen LogP) is -12.0. The Balaban J connectivity index is -0.0000000311. The normalized spacial score (nSPS) is 9.79. The molecule has 0 aliphatic heterocycles. The van der Waals surface area contributed by atoms with Gasteiger partial charge >= 0.3 is 165 Å². The van der Waals surface area contributed by atoms with Gasteiger partial charge in [0.25, 0.3) is 0 Å². The molecule has 0 fully saturated rings. The third-order valence-electron chi connectivity index (χ3n) is 0.0942. The van der Waals surface area contributed by atoms with Crippen LogP contribution in [0.25, 0.3) is 0 Å². The van der Waals surface area contributed by atoms with Crippen LogP contribution in [0.5, 0.6) is 0 Å². The fraction of sp³-hybridized carbons (Fsp3) is 0. The Morgan fingerprint density at radius 2 is 0.789 bits per heavy atom. The van der Waals surface area contributed by atoms with E-state index in [0.29, 0.717) is 0 Å². The van der Waals surface area contributed by atoms with Crippen LogP contribution in [0.2, 0.25) is 0 Å². The predicted molar refractivity (Wildman–Crippen MR) is 38.1 cm³/mol. The molecule has 0 aliphatic carbocycles. The Bertz CT molecular complexity index is 407. The first-order chi connectivity index (χ1) is 6.56. The first-order valence-corrected chi connectivity index (χ1v) is 6.28. The molecule has 0 atom stereocenters. The van der Waals surface area contributed by atoms with Crippen molar-refractivity contribution in [3.8, 4) is 0 Å². The van der Waals surface area contributed by atoms with Crippen LogP contribution in [0.3, 0.4) is 0 Å². The van der Waals surface area contributed by atoms with Gasteiger partial charge in [-0.25, -0.2) is 13.7 Å². The molecule has 0 heterocycles. The van der Waals surface area contributed by atoms with E-state index in [0.717, 1.165) is 0 Å². The maximum absolute atomic E-state index is 9.08. The molecular formula is H3K3O13S3. The van der Waals surface area contributed by atoms with Crippen LogP contribution in [-0.2, 0) is 35.5 Å². The Morgan fingerprint density at radius 3 is 0.789 bits per heavy atom. The summed E-state index contributed by atoms with van der Waals surface area (Å²) in [4.78, 5) is 0. The van der Waals surface area contributed by atoms with Gasteiger partial charge in [0.05, 0.1) is 0 Å². The first kappa shape index (κ1) is 38.8. The molecule has 0 radical (unpaired) electrons. The second-order valence-electron chi connectivity index (χ2n) is 1.34. The molecule has 3 N–H and O–H groups in total. The van der Waals surface area contributed by atoms with E-state index < -0.39 is 31.2 Å². The zero-order valence-corrected chi connectivity index (χ0v) is 21.5. The monoisotopic (exact) mass is 424 g/mol. The van der Waals surface area contributed by atoms with Crippen LogP contribution < -0.4 is 154 Å². The van der Waals surface area contributed by atoms with Gasteiger partial charge in [-0.2, -0.15) is 8.42 Å².